The zero-order valence-corrected chi connectivity index (χ0v) is 13.2. The van der Waals surface area contributed by atoms with Crippen LogP contribution in [0, 0.1) is 17.0 Å². The SMILES string of the molecule is CCNc1nc(C)c([N+](=O)[O-])c(NCC2CCCCS2)n1. The second kappa shape index (κ2) is 7.44. The number of thioether (sulfide) groups is 1. The molecule has 1 aromatic heterocycles. The standard InChI is InChI=1S/C13H21N5O2S/c1-3-14-13-16-9(2)11(18(19)20)12(17-13)15-8-10-6-4-5-7-21-10/h10H,3-8H2,1-2H3,(H2,14,15,16,17). The van der Waals surface area contributed by atoms with Crippen LogP contribution in [0.4, 0.5) is 17.5 Å². The van der Waals surface area contributed by atoms with E-state index in [0.29, 0.717) is 35.8 Å². The third kappa shape index (κ3) is 4.20. The predicted octanol–water partition coefficient (Wildman–Crippen LogP) is 2.82. The average molecular weight is 311 g/mol. The number of hydrogen-bond acceptors (Lipinski definition) is 7. The minimum absolute atomic E-state index is 0.0301. The van der Waals surface area contributed by atoms with Gasteiger partial charge in [0.2, 0.25) is 11.8 Å². The zero-order valence-electron chi connectivity index (χ0n) is 12.4. The van der Waals surface area contributed by atoms with Crippen molar-refractivity contribution in [3.63, 3.8) is 0 Å². The minimum atomic E-state index is -0.415. The van der Waals surface area contributed by atoms with E-state index in [1.165, 1.54) is 18.6 Å². The molecule has 1 aliphatic rings. The Bertz CT molecular complexity index is 506. The van der Waals surface area contributed by atoms with Crippen molar-refractivity contribution in [2.24, 2.45) is 0 Å². The van der Waals surface area contributed by atoms with E-state index in [1.807, 2.05) is 18.7 Å². The molecule has 0 spiro atoms. The van der Waals surface area contributed by atoms with Crippen molar-refractivity contribution in [2.75, 3.05) is 29.5 Å². The Labute approximate surface area is 128 Å². The molecule has 2 rings (SSSR count). The van der Waals surface area contributed by atoms with Crippen molar-refractivity contribution in [1.82, 2.24) is 9.97 Å². The van der Waals surface area contributed by atoms with Crippen molar-refractivity contribution < 1.29 is 4.92 Å². The number of aromatic nitrogens is 2. The van der Waals surface area contributed by atoms with Crippen molar-refractivity contribution in [3.8, 4) is 0 Å². The summed E-state index contributed by atoms with van der Waals surface area (Å²) in [5, 5.41) is 17.9. The Morgan fingerprint density at radius 3 is 2.81 bits per heavy atom. The highest BCUT2D eigenvalue weighted by Gasteiger charge is 2.23. The van der Waals surface area contributed by atoms with E-state index in [-0.39, 0.29) is 5.69 Å². The normalized spacial score (nSPS) is 18.3. The van der Waals surface area contributed by atoms with Gasteiger partial charge in [0, 0.05) is 18.3 Å². The molecule has 1 aromatic rings. The molecule has 1 aliphatic heterocycles. The molecule has 0 bridgehead atoms. The average Bonchev–Trinajstić information content (AvgIpc) is 2.45. The molecule has 1 atom stereocenters. The molecule has 0 aromatic carbocycles. The Morgan fingerprint density at radius 2 is 2.19 bits per heavy atom. The van der Waals surface area contributed by atoms with Crippen LogP contribution in [0.1, 0.15) is 31.9 Å². The first-order valence-corrected chi connectivity index (χ1v) is 8.29. The smallest absolute Gasteiger partial charge is 0.332 e. The van der Waals surface area contributed by atoms with E-state index < -0.39 is 4.92 Å². The van der Waals surface area contributed by atoms with Gasteiger partial charge < -0.3 is 10.6 Å². The summed E-state index contributed by atoms with van der Waals surface area (Å²) in [6.45, 7) is 4.95. The van der Waals surface area contributed by atoms with Crippen molar-refractivity contribution in [1.29, 1.82) is 0 Å². The number of nitrogens with one attached hydrogen (secondary N) is 2. The molecule has 1 fully saturated rings. The number of nitro groups is 1. The second-order valence-electron chi connectivity index (χ2n) is 4.99. The van der Waals surface area contributed by atoms with Gasteiger partial charge in [-0.1, -0.05) is 6.42 Å². The van der Waals surface area contributed by atoms with E-state index in [1.54, 1.807) is 6.92 Å². The fourth-order valence-electron chi connectivity index (χ4n) is 2.32. The van der Waals surface area contributed by atoms with Gasteiger partial charge in [-0.2, -0.15) is 16.7 Å². The maximum absolute atomic E-state index is 11.2. The van der Waals surface area contributed by atoms with Crippen LogP contribution in [0.5, 0.6) is 0 Å². The molecule has 0 radical (unpaired) electrons. The van der Waals surface area contributed by atoms with Gasteiger partial charge in [-0.3, -0.25) is 10.1 Å². The van der Waals surface area contributed by atoms with Crippen molar-refractivity contribution in [3.05, 3.63) is 15.8 Å². The number of hydrogen-bond donors (Lipinski definition) is 2. The third-order valence-electron chi connectivity index (χ3n) is 3.35. The summed E-state index contributed by atoms with van der Waals surface area (Å²) in [4.78, 5) is 19.2. The highest BCUT2D eigenvalue weighted by molar-refractivity contribution is 7.99. The van der Waals surface area contributed by atoms with Crippen molar-refractivity contribution in [2.45, 2.75) is 38.4 Å². The number of anilines is 2. The van der Waals surface area contributed by atoms with E-state index >= 15 is 0 Å². The summed E-state index contributed by atoms with van der Waals surface area (Å²) in [6.07, 6.45) is 3.64. The van der Waals surface area contributed by atoms with Gasteiger partial charge >= 0.3 is 5.69 Å². The molecule has 116 valence electrons. The van der Waals surface area contributed by atoms with Crippen LogP contribution in [0.3, 0.4) is 0 Å². The lowest BCUT2D eigenvalue weighted by atomic mass is 10.2. The maximum Gasteiger partial charge on any atom is 0.332 e. The molecule has 21 heavy (non-hydrogen) atoms. The summed E-state index contributed by atoms with van der Waals surface area (Å²) in [7, 11) is 0. The molecule has 7 nitrogen and oxygen atoms in total. The lowest BCUT2D eigenvalue weighted by Crippen LogP contribution is -2.21. The van der Waals surface area contributed by atoms with Crippen LogP contribution in [0.25, 0.3) is 0 Å². The quantitative estimate of drug-likeness (QED) is 0.616. The highest BCUT2D eigenvalue weighted by atomic mass is 32.2. The summed E-state index contributed by atoms with van der Waals surface area (Å²) < 4.78 is 0. The van der Waals surface area contributed by atoms with Gasteiger partial charge in [-0.15, -0.1) is 0 Å². The minimum Gasteiger partial charge on any atom is -0.363 e. The lowest BCUT2D eigenvalue weighted by molar-refractivity contribution is -0.385. The number of nitrogens with zero attached hydrogens (tertiary/aromatic N) is 3. The van der Waals surface area contributed by atoms with Crippen molar-refractivity contribution >= 4 is 29.2 Å². The summed E-state index contributed by atoms with van der Waals surface area (Å²) in [5.41, 5.74) is 0.349. The summed E-state index contributed by atoms with van der Waals surface area (Å²) in [6, 6.07) is 0. The molecule has 0 aliphatic carbocycles. The van der Waals surface area contributed by atoms with Gasteiger partial charge in [0.05, 0.1) is 4.92 Å². The molecule has 0 saturated carbocycles. The number of aryl methyl sites for hydroxylation is 1. The largest absolute Gasteiger partial charge is 0.363 e. The second-order valence-corrected chi connectivity index (χ2v) is 6.40. The summed E-state index contributed by atoms with van der Waals surface area (Å²) in [5.74, 6) is 1.91. The first kappa shape index (κ1) is 15.8. The summed E-state index contributed by atoms with van der Waals surface area (Å²) >= 11 is 1.92. The van der Waals surface area contributed by atoms with Crippen LogP contribution in [-0.4, -0.2) is 39.0 Å². The molecule has 8 heteroatoms. The molecule has 1 unspecified atom stereocenters. The van der Waals surface area contributed by atoms with Crippen LogP contribution < -0.4 is 10.6 Å². The fraction of sp³-hybridized carbons (Fsp3) is 0.692. The molecule has 2 N–H and O–H groups in total. The lowest BCUT2D eigenvalue weighted by Gasteiger charge is -2.21. The predicted molar refractivity (Wildman–Crippen MR) is 86.2 cm³/mol. The first-order chi connectivity index (χ1) is 10.1. The zero-order chi connectivity index (χ0) is 15.2. The Kier molecular flexibility index (Phi) is 5.60. The van der Waals surface area contributed by atoms with Gasteiger partial charge in [-0.25, -0.2) is 4.98 Å². The van der Waals surface area contributed by atoms with Gasteiger partial charge in [-0.05, 0) is 32.4 Å². The van der Waals surface area contributed by atoms with E-state index in [4.69, 9.17) is 0 Å². The van der Waals surface area contributed by atoms with E-state index in [9.17, 15) is 10.1 Å². The van der Waals surface area contributed by atoms with Gasteiger partial charge in [0.1, 0.15) is 5.69 Å². The molecule has 2 heterocycles. The first-order valence-electron chi connectivity index (χ1n) is 7.24. The highest BCUT2D eigenvalue weighted by Crippen LogP contribution is 2.29. The molecular weight excluding hydrogens is 290 g/mol. The van der Waals surface area contributed by atoms with Crippen LogP contribution in [0.15, 0.2) is 0 Å². The Hall–Kier alpha value is -1.57. The van der Waals surface area contributed by atoms with E-state index in [2.05, 4.69) is 20.6 Å². The van der Waals surface area contributed by atoms with Gasteiger partial charge in [0.15, 0.2) is 0 Å². The third-order valence-corrected chi connectivity index (χ3v) is 4.75. The Morgan fingerprint density at radius 1 is 1.38 bits per heavy atom. The molecule has 1 saturated heterocycles. The van der Waals surface area contributed by atoms with E-state index in [0.717, 1.165) is 6.42 Å². The molecule has 0 amide bonds. The Balaban J connectivity index is 2.15. The van der Waals surface area contributed by atoms with Crippen LogP contribution >= 0.6 is 11.8 Å². The van der Waals surface area contributed by atoms with Gasteiger partial charge in [0.25, 0.3) is 0 Å². The topological polar surface area (TPSA) is 93.0 Å². The monoisotopic (exact) mass is 311 g/mol. The van der Waals surface area contributed by atoms with Crippen LogP contribution in [-0.2, 0) is 0 Å². The van der Waals surface area contributed by atoms with Crippen LogP contribution in [0.2, 0.25) is 0 Å². The molecular formula is C13H21N5O2S. The maximum atomic E-state index is 11.2. The fourth-order valence-corrected chi connectivity index (χ4v) is 3.56. The number of rotatable bonds is 6.